The Labute approximate surface area is 154 Å². The van der Waals surface area contributed by atoms with Gasteiger partial charge in [0.15, 0.2) is 0 Å². The van der Waals surface area contributed by atoms with E-state index in [-0.39, 0.29) is 5.69 Å². The summed E-state index contributed by atoms with van der Waals surface area (Å²) in [6.07, 6.45) is -3.79. The van der Waals surface area contributed by atoms with Crippen molar-refractivity contribution in [2.45, 2.75) is 32.9 Å². The minimum atomic E-state index is -4.50. The van der Waals surface area contributed by atoms with Gasteiger partial charge in [-0.1, -0.05) is 18.2 Å². The predicted octanol–water partition coefficient (Wildman–Crippen LogP) is 4.68. The van der Waals surface area contributed by atoms with E-state index in [2.05, 4.69) is 10.6 Å². The van der Waals surface area contributed by atoms with Crippen molar-refractivity contribution < 1.29 is 22.8 Å². The number of carbonyl (C=O) groups is 2. The molecule has 3 rings (SSSR count). The third-order valence-electron chi connectivity index (χ3n) is 4.71. The second-order valence-corrected chi connectivity index (χ2v) is 6.89. The molecule has 0 aliphatic heterocycles. The maximum atomic E-state index is 12.8. The first-order valence-corrected chi connectivity index (χ1v) is 8.49. The van der Waals surface area contributed by atoms with E-state index in [1.54, 1.807) is 0 Å². The molecule has 2 aromatic carbocycles. The molecule has 142 valence electrons. The lowest BCUT2D eigenvalue weighted by Crippen LogP contribution is -2.35. The van der Waals surface area contributed by atoms with Crippen molar-refractivity contribution in [1.29, 1.82) is 0 Å². The summed E-state index contributed by atoms with van der Waals surface area (Å²) < 4.78 is 38.4. The standard InChI is InChI=1S/C20H19F3N2O2/c1-12-6-7-13(2)16(10-12)25-18(27)19(8-9-19)17(26)24-15-5-3-4-14(11-15)20(21,22)23/h3-7,10-11H,8-9H2,1-2H3,(H,24,26)(H,25,27). The van der Waals surface area contributed by atoms with Crippen molar-refractivity contribution in [2.24, 2.45) is 5.41 Å². The summed E-state index contributed by atoms with van der Waals surface area (Å²) in [6.45, 7) is 3.74. The summed E-state index contributed by atoms with van der Waals surface area (Å²) in [5.41, 5.74) is 0.366. The molecule has 7 heteroatoms. The van der Waals surface area contributed by atoms with Crippen LogP contribution in [0.1, 0.15) is 29.5 Å². The lowest BCUT2D eigenvalue weighted by molar-refractivity contribution is -0.137. The topological polar surface area (TPSA) is 58.2 Å². The normalized spacial score (nSPS) is 15.1. The number of nitrogens with one attached hydrogen (secondary N) is 2. The number of amides is 2. The molecule has 2 aromatic rings. The zero-order valence-electron chi connectivity index (χ0n) is 14.9. The highest BCUT2D eigenvalue weighted by molar-refractivity contribution is 6.17. The highest BCUT2D eigenvalue weighted by Crippen LogP contribution is 2.47. The summed E-state index contributed by atoms with van der Waals surface area (Å²) in [7, 11) is 0. The summed E-state index contributed by atoms with van der Waals surface area (Å²) in [4.78, 5) is 25.3. The van der Waals surface area contributed by atoms with E-state index in [1.807, 2.05) is 32.0 Å². The Kier molecular flexibility index (Phi) is 4.71. The molecule has 27 heavy (non-hydrogen) atoms. The first-order chi connectivity index (χ1) is 12.6. The largest absolute Gasteiger partial charge is 0.416 e. The number of hydrogen-bond donors (Lipinski definition) is 2. The molecule has 0 unspecified atom stereocenters. The fourth-order valence-corrected chi connectivity index (χ4v) is 2.82. The Bertz CT molecular complexity index is 902. The Morgan fingerprint density at radius 3 is 2.26 bits per heavy atom. The van der Waals surface area contributed by atoms with Crippen molar-refractivity contribution in [3.05, 3.63) is 59.2 Å². The molecule has 1 aliphatic rings. The molecule has 0 heterocycles. The Balaban J connectivity index is 1.75. The van der Waals surface area contributed by atoms with Gasteiger partial charge < -0.3 is 10.6 Å². The molecule has 1 aliphatic carbocycles. The molecule has 0 atom stereocenters. The molecule has 0 bridgehead atoms. The monoisotopic (exact) mass is 376 g/mol. The summed E-state index contributed by atoms with van der Waals surface area (Å²) in [5, 5.41) is 5.23. The lowest BCUT2D eigenvalue weighted by Gasteiger charge is -2.17. The maximum Gasteiger partial charge on any atom is 0.416 e. The van der Waals surface area contributed by atoms with Gasteiger partial charge in [-0.15, -0.1) is 0 Å². The molecule has 2 N–H and O–H groups in total. The van der Waals surface area contributed by atoms with Crippen LogP contribution in [0.15, 0.2) is 42.5 Å². The average molecular weight is 376 g/mol. The van der Waals surface area contributed by atoms with Crippen LogP contribution in [0.5, 0.6) is 0 Å². The fraction of sp³-hybridized carbons (Fsp3) is 0.300. The van der Waals surface area contributed by atoms with Crippen LogP contribution in [0.4, 0.5) is 24.5 Å². The van der Waals surface area contributed by atoms with Crippen LogP contribution >= 0.6 is 0 Å². The van der Waals surface area contributed by atoms with Crippen LogP contribution in [0.2, 0.25) is 0 Å². The first kappa shape index (κ1) is 18.9. The van der Waals surface area contributed by atoms with Crippen LogP contribution in [0, 0.1) is 19.3 Å². The zero-order chi connectivity index (χ0) is 19.8. The highest BCUT2D eigenvalue weighted by Gasteiger charge is 2.56. The minimum absolute atomic E-state index is 0.0145. The molecule has 1 saturated carbocycles. The Hall–Kier alpha value is -2.83. The second kappa shape index (κ2) is 6.72. The molecule has 4 nitrogen and oxygen atoms in total. The SMILES string of the molecule is Cc1ccc(C)c(NC(=O)C2(C(=O)Nc3cccc(C(F)(F)F)c3)CC2)c1. The van der Waals surface area contributed by atoms with Crippen LogP contribution in [-0.4, -0.2) is 11.8 Å². The predicted molar refractivity (Wildman–Crippen MR) is 96.3 cm³/mol. The third kappa shape index (κ3) is 3.97. The van der Waals surface area contributed by atoms with E-state index < -0.39 is 29.0 Å². The molecule has 0 spiro atoms. The number of alkyl halides is 3. The van der Waals surface area contributed by atoms with Gasteiger partial charge in [-0.25, -0.2) is 0 Å². The van der Waals surface area contributed by atoms with Crippen molar-refractivity contribution in [3.8, 4) is 0 Å². The quantitative estimate of drug-likeness (QED) is 0.762. The number of anilines is 2. The van der Waals surface area contributed by atoms with Gasteiger partial charge in [0.2, 0.25) is 11.8 Å². The second-order valence-electron chi connectivity index (χ2n) is 6.89. The number of carbonyl (C=O) groups excluding carboxylic acids is 2. The molecule has 1 fully saturated rings. The Morgan fingerprint density at radius 1 is 0.963 bits per heavy atom. The smallest absolute Gasteiger partial charge is 0.325 e. The van der Waals surface area contributed by atoms with Crippen LogP contribution in [0.25, 0.3) is 0 Å². The summed E-state index contributed by atoms with van der Waals surface area (Å²) >= 11 is 0. The van der Waals surface area contributed by atoms with Crippen molar-refractivity contribution >= 4 is 23.2 Å². The summed E-state index contributed by atoms with van der Waals surface area (Å²) in [6, 6.07) is 9.96. The Morgan fingerprint density at radius 2 is 1.63 bits per heavy atom. The van der Waals surface area contributed by atoms with E-state index in [1.165, 1.54) is 12.1 Å². The van der Waals surface area contributed by atoms with Crippen molar-refractivity contribution in [2.75, 3.05) is 10.6 Å². The van der Waals surface area contributed by atoms with E-state index in [9.17, 15) is 22.8 Å². The number of benzene rings is 2. The number of rotatable bonds is 4. The molecule has 0 saturated heterocycles. The third-order valence-corrected chi connectivity index (χ3v) is 4.71. The molecule has 0 aromatic heterocycles. The fourth-order valence-electron chi connectivity index (χ4n) is 2.82. The van der Waals surface area contributed by atoms with Crippen molar-refractivity contribution in [3.63, 3.8) is 0 Å². The van der Waals surface area contributed by atoms with Gasteiger partial charge in [0, 0.05) is 11.4 Å². The van der Waals surface area contributed by atoms with Gasteiger partial charge in [0.05, 0.1) is 5.56 Å². The van der Waals surface area contributed by atoms with E-state index in [0.29, 0.717) is 18.5 Å². The van der Waals surface area contributed by atoms with Crippen LogP contribution < -0.4 is 10.6 Å². The average Bonchev–Trinajstić information content (AvgIpc) is 3.39. The van der Waals surface area contributed by atoms with Gasteiger partial charge in [0.25, 0.3) is 0 Å². The van der Waals surface area contributed by atoms with E-state index in [0.717, 1.165) is 23.3 Å². The molecule has 0 radical (unpaired) electrons. The molecular weight excluding hydrogens is 357 g/mol. The van der Waals surface area contributed by atoms with E-state index >= 15 is 0 Å². The van der Waals surface area contributed by atoms with Gasteiger partial charge >= 0.3 is 6.18 Å². The van der Waals surface area contributed by atoms with Crippen LogP contribution in [-0.2, 0) is 15.8 Å². The van der Waals surface area contributed by atoms with Gasteiger partial charge in [-0.3, -0.25) is 9.59 Å². The number of halogens is 3. The van der Waals surface area contributed by atoms with E-state index in [4.69, 9.17) is 0 Å². The summed E-state index contributed by atoms with van der Waals surface area (Å²) in [5.74, 6) is -1.04. The molecular formula is C20H19F3N2O2. The lowest BCUT2D eigenvalue weighted by atomic mass is 10.0. The van der Waals surface area contributed by atoms with Gasteiger partial charge in [0.1, 0.15) is 5.41 Å². The number of hydrogen-bond acceptors (Lipinski definition) is 2. The maximum absolute atomic E-state index is 12.8. The first-order valence-electron chi connectivity index (χ1n) is 8.49. The van der Waals surface area contributed by atoms with Gasteiger partial charge in [-0.2, -0.15) is 13.2 Å². The van der Waals surface area contributed by atoms with Gasteiger partial charge in [-0.05, 0) is 62.1 Å². The number of aryl methyl sites for hydroxylation is 2. The minimum Gasteiger partial charge on any atom is -0.325 e. The van der Waals surface area contributed by atoms with Crippen LogP contribution in [0.3, 0.4) is 0 Å². The van der Waals surface area contributed by atoms with Crippen molar-refractivity contribution in [1.82, 2.24) is 0 Å². The molecule has 2 amide bonds. The highest BCUT2D eigenvalue weighted by atomic mass is 19.4. The zero-order valence-corrected chi connectivity index (χ0v) is 14.9.